The highest BCUT2D eigenvalue weighted by molar-refractivity contribution is 6.03. The van der Waals surface area contributed by atoms with Gasteiger partial charge in [0.05, 0.1) is 0 Å². The van der Waals surface area contributed by atoms with Crippen LogP contribution in [0.4, 0.5) is 11.6 Å². The van der Waals surface area contributed by atoms with Gasteiger partial charge in [-0.3, -0.25) is 14.7 Å². The normalized spacial score (nSPS) is 15.5. The molecule has 0 unspecified atom stereocenters. The van der Waals surface area contributed by atoms with Crippen LogP contribution in [0.5, 0.6) is 0 Å². The van der Waals surface area contributed by atoms with Gasteiger partial charge in [-0.15, -0.1) is 0 Å². The van der Waals surface area contributed by atoms with Crippen LogP contribution in [-0.2, 0) is 0 Å². The molecule has 6 nitrogen and oxygen atoms in total. The van der Waals surface area contributed by atoms with Crippen LogP contribution in [0.3, 0.4) is 0 Å². The number of benzene rings is 2. The van der Waals surface area contributed by atoms with Crippen LogP contribution in [0, 0.1) is 20.8 Å². The van der Waals surface area contributed by atoms with Gasteiger partial charge in [-0.1, -0.05) is 42.0 Å². The van der Waals surface area contributed by atoms with Gasteiger partial charge in [0.15, 0.2) is 6.17 Å². The molecule has 136 valence electrons. The Kier molecular flexibility index (Phi) is 4.24. The molecule has 0 bridgehead atoms. The third-order valence-electron chi connectivity index (χ3n) is 4.46. The summed E-state index contributed by atoms with van der Waals surface area (Å²) in [7, 11) is 0. The topological polar surface area (TPSA) is 71.3 Å². The third-order valence-corrected chi connectivity index (χ3v) is 4.46. The van der Waals surface area contributed by atoms with Crippen LogP contribution in [0.25, 0.3) is 0 Å². The highest BCUT2D eigenvalue weighted by Crippen LogP contribution is 2.26. The predicted molar refractivity (Wildman–Crippen MR) is 108 cm³/mol. The van der Waals surface area contributed by atoms with Crippen LogP contribution in [0.1, 0.15) is 28.6 Å². The monoisotopic (exact) mass is 359 g/mol. The third kappa shape index (κ3) is 3.46. The summed E-state index contributed by atoms with van der Waals surface area (Å²) in [5.41, 5.74) is 4.70. The molecule has 2 aromatic carbocycles. The highest BCUT2D eigenvalue weighted by Gasteiger charge is 2.25. The lowest BCUT2D eigenvalue weighted by Crippen LogP contribution is -2.37. The van der Waals surface area contributed by atoms with Crippen molar-refractivity contribution in [3.63, 3.8) is 0 Å². The summed E-state index contributed by atoms with van der Waals surface area (Å²) < 4.78 is 1.58. The average molecular weight is 359 g/mol. The van der Waals surface area contributed by atoms with Gasteiger partial charge in [-0.2, -0.15) is 0 Å². The smallest absolute Gasteiger partial charge is 0.257 e. The van der Waals surface area contributed by atoms with E-state index in [4.69, 9.17) is 4.99 Å². The summed E-state index contributed by atoms with van der Waals surface area (Å²) in [6.07, 6.45) is -0.477. The zero-order chi connectivity index (χ0) is 19.0. The van der Waals surface area contributed by atoms with Crippen molar-refractivity contribution in [1.29, 1.82) is 0 Å². The molecule has 0 fully saturated rings. The van der Waals surface area contributed by atoms with E-state index >= 15 is 0 Å². The van der Waals surface area contributed by atoms with E-state index in [1.807, 2.05) is 69.3 Å². The first-order valence-corrected chi connectivity index (χ1v) is 8.85. The van der Waals surface area contributed by atoms with Crippen molar-refractivity contribution in [2.24, 2.45) is 4.99 Å². The second kappa shape index (κ2) is 6.72. The Bertz CT molecular complexity index is 1080. The SMILES string of the molecule is Cc1ccc([C@@H]2N=C(Nc3cccc(C)c3)Nc3nc(C)cc(=O)n32)cc1. The maximum absolute atomic E-state index is 12.6. The van der Waals surface area contributed by atoms with Crippen molar-refractivity contribution in [1.82, 2.24) is 9.55 Å². The Morgan fingerprint density at radius 1 is 1.00 bits per heavy atom. The average Bonchev–Trinajstić information content (AvgIpc) is 2.61. The molecular formula is C21H21N5O. The minimum atomic E-state index is -0.477. The Hall–Kier alpha value is -3.41. The minimum Gasteiger partial charge on any atom is -0.326 e. The molecule has 1 aromatic heterocycles. The van der Waals surface area contributed by atoms with E-state index in [0.717, 1.165) is 22.4 Å². The van der Waals surface area contributed by atoms with Gasteiger partial charge in [0.1, 0.15) is 0 Å². The lowest BCUT2D eigenvalue weighted by molar-refractivity contribution is 0.577. The van der Waals surface area contributed by atoms with Gasteiger partial charge < -0.3 is 5.32 Å². The zero-order valence-electron chi connectivity index (χ0n) is 15.5. The standard InChI is InChI=1S/C21H21N5O/c1-13-7-9-16(10-8-13)19-24-20(23-17-6-4-5-14(2)11-17)25-21-22-15(3)12-18(27)26(19)21/h4-12,19H,1-3H3,(H2,22,23,24,25)/t19-/m1/s1. The minimum absolute atomic E-state index is 0.131. The van der Waals surface area contributed by atoms with Crippen LogP contribution in [0.2, 0.25) is 0 Å². The van der Waals surface area contributed by atoms with Crippen molar-refractivity contribution < 1.29 is 0 Å². The van der Waals surface area contributed by atoms with E-state index in [2.05, 4.69) is 15.6 Å². The second-order valence-corrected chi connectivity index (χ2v) is 6.81. The van der Waals surface area contributed by atoms with Crippen molar-refractivity contribution >= 4 is 17.6 Å². The van der Waals surface area contributed by atoms with Crippen LogP contribution in [0.15, 0.2) is 64.4 Å². The number of guanidine groups is 1. The van der Waals surface area contributed by atoms with Crippen LogP contribution < -0.4 is 16.2 Å². The van der Waals surface area contributed by atoms with E-state index in [1.165, 1.54) is 6.07 Å². The molecule has 0 saturated heterocycles. The second-order valence-electron chi connectivity index (χ2n) is 6.81. The molecule has 1 atom stereocenters. The number of nitrogens with zero attached hydrogens (tertiary/aromatic N) is 3. The Balaban J connectivity index is 1.80. The highest BCUT2D eigenvalue weighted by atomic mass is 16.1. The predicted octanol–water partition coefficient (Wildman–Crippen LogP) is 3.61. The number of hydrogen-bond acceptors (Lipinski definition) is 5. The summed E-state index contributed by atoms with van der Waals surface area (Å²) in [5.74, 6) is 1.04. The van der Waals surface area contributed by atoms with Gasteiger partial charge in [0.2, 0.25) is 11.9 Å². The molecule has 6 heteroatoms. The number of rotatable bonds is 2. The number of aromatic nitrogens is 2. The zero-order valence-corrected chi connectivity index (χ0v) is 15.5. The maximum atomic E-state index is 12.6. The van der Waals surface area contributed by atoms with E-state index < -0.39 is 6.17 Å². The number of nitrogens with one attached hydrogen (secondary N) is 2. The molecule has 0 spiro atoms. The van der Waals surface area contributed by atoms with E-state index in [-0.39, 0.29) is 5.56 Å². The number of aryl methyl sites for hydroxylation is 3. The molecule has 0 amide bonds. The molecule has 1 aliphatic heterocycles. The molecule has 27 heavy (non-hydrogen) atoms. The number of fused-ring (bicyclic) bond motifs is 1. The van der Waals surface area contributed by atoms with Crippen molar-refractivity contribution in [2.75, 3.05) is 10.6 Å². The van der Waals surface area contributed by atoms with Crippen LogP contribution >= 0.6 is 0 Å². The lowest BCUT2D eigenvalue weighted by Gasteiger charge is -2.27. The van der Waals surface area contributed by atoms with E-state index in [0.29, 0.717) is 17.6 Å². The number of hydrogen-bond donors (Lipinski definition) is 2. The number of anilines is 2. The maximum Gasteiger partial charge on any atom is 0.257 e. The Morgan fingerprint density at radius 2 is 1.78 bits per heavy atom. The fraction of sp³-hybridized carbons (Fsp3) is 0.190. The quantitative estimate of drug-likeness (QED) is 0.733. The molecule has 4 rings (SSSR count). The summed E-state index contributed by atoms with van der Waals surface area (Å²) >= 11 is 0. The molecule has 3 aromatic rings. The molecule has 0 radical (unpaired) electrons. The van der Waals surface area contributed by atoms with Crippen molar-refractivity contribution in [3.8, 4) is 0 Å². The molecular weight excluding hydrogens is 338 g/mol. The fourth-order valence-corrected chi connectivity index (χ4v) is 3.13. The lowest BCUT2D eigenvalue weighted by atomic mass is 10.1. The largest absolute Gasteiger partial charge is 0.326 e. The van der Waals surface area contributed by atoms with E-state index in [1.54, 1.807) is 4.57 Å². The van der Waals surface area contributed by atoms with Crippen molar-refractivity contribution in [2.45, 2.75) is 26.9 Å². The number of aliphatic imine (C=N–C) groups is 1. The summed E-state index contributed by atoms with van der Waals surface area (Å²) in [6.45, 7) is 5.88. The first-order chi connectivity index (χ1) is 13.0. The Morgan fingerprint density at radius 3 is 2.52 bits per heavy atom. The van der Waals surface area contributed by atoms with Crippen LogP contribution in [-0.4, -0.2) is 15.5 Å². The van der Waals surface area contributed by atoms with Gasteiger partial charge >= 0.3 is 0 Å². The first kappa shape index (κ1) is 17.0. The van der Waals surface area contributed by atoms with Gasteiger partial charge in [-0.25, -0.2) is 9.98 Å². The van der Waals surface area contributed by atoms with Gasteiger partial charge in [0, 0.05) is 17.4 Å². The first-order valence-electron chi connectivity index (χ1n) is 8.85. The summed E-state index contributed by atoms with van der Waals surface area (Å²) in [4.78, 5) is 21.9. The Labute approximate surface area is 157 Å². The summed E-state index contributed by atoms with van der Waals surface area (Å²) in [6, 6.07) is 17.6. The van der Waals surface area contributed by atoms with Gasteiger partial charge in [0.25, 0.3) is 5.56 Å². The molecule has 1 aliphatic rings. The van der Waals surface area contributed by atoms with Crippen molar-refractivity contribution in [3.05, 3.63) is 87.3 Å². The molecule has 2 N–H and O–H groups in total. The van der Waals surface area contributed by atoms with Gasteiger partial charge in [-0.05, 0) is 44.0 Å². The molecule has 0 saturated carbocycles. The molecule has 2 heterocycles. The molecule has 0 aliphatic carbocycles. The summed E-state index contributed by atoms with van der Waals surface area (Å²) in [5, 5.41) is 6.44. The fourth-order valence-electron chi connectivity index (χ4n) is 3.13. The van der Waals surface area contributed by atoms with E-state index in [9.17, 15) is 4.79 Å².